The molecule has 19 heavy (non-hydrogen) atoms. The second kappa shape index (κ2) is 10.9. The minimum Gasteiger partial charge on any atom is -0.480 e. The minimum atomic E-state index is -1.05. The van der Waals surface area contributed by atoms with Crippen molar-refractivity contribution in [2.75, 3.05) is 25.2 Å². The number of hydrogen-bond acceptors (Lipinski definition) is 4. The SMILES string of the molecule is CCSCCC(C)NC(=O)NC(CCOC)C(=O)O. The second-order valence-electron chi connectivity index (χ2n) is 4.18. The lowest BCUT2D eigenvalue weighted by molar-refractivity contribution is -0.139. The maximum atomic E-state index is 11.6. The van der Waals surface area contributed by atoms with Crippen molar-refractivity contribution >= 4 is 23.8 Å². The number of hydrogen-bond donors (Lipinski definition) is 3. The summed E-state index contributed by atoms with van der Waals surface area (Å²) in [6.45, 7) is 4.28. The minimum absolute atomic E-state index is 0.0240. The van der Waals surface area contributed by atoms with Crippen molar-refractivity contribution in [2.24, 2.45) is 0 Å². The average Bonchev–Trinajstić information content (AvgIpc) is 2.34. The van der Waals surface area contributed by atoms with Crippen LogP contribution in [0.2, 0.25) is 0 Å². The zero-order valence-corrected chi connectivity index (χ0v) is 12.6. The Bertz CT molecular complexity index is 276. The Labute approximate surface area is 118 Å². The highest BCUT2D eigenvalue weighted by Crippen LogP contribution is 2.03. The summed E-state index contributed by atoms with van der Waals surface area (Å²) in [6, 6.07) is -1.34. The van der Waals surface area contributed by atoms with Gasteiger partial charge in [-0.2, -0.15) is 11.8 Å². The molecule has 0 rings (SSSR count). The van der Waals surface area contributed by atoms with Gasteiger partial charge in [0.15, 0.2) is 0 Å². The van der Waals surface area contributed by atoms with Crippen LogP contribution in [0.3, 0.4) is 0 Å². The Balaban J connectivity index is 4.00. The number of methoxy groups -OCH3 is 1. The Kier molecular flexibility index (Phi) is 10.4. The van der Waals surface area contributed by atoms with E-state index in [0.717, 1.165) is 17.9 Å². The molecule has 0 radical (unpaired) electrons. The third-order valence-corrected chi connectivity index (χ3v) is 3.42. The van der Waals surface area contributed by atoms with Gasteiger partial charge in [0.05, 0.1) is 0 Å². The van der Waals surface area contributed by atoms with Crippen LogP contribution in [-0.4, -0.2) is 54.4 Å². The largest absolute Gasteiger partial charge is 0.480 e. The average molecular weight is 292 g/mol. The molecule has 0 aliphatic rings. The summed E-state index contributed by atoms with van der Waals surface area (Å²) in [5, 5.41) is 14.1. The van der Waals surface area contributed by atoms with Crippen LogP contribution in [0.4, 0.5) is 4.79 Å². The van der Waals surface area contributed by atoms with Crippen LogP contribution in [-0.2, 0) is 9.53 Å². The van der Waals surface area contributed by atoms with Gasteiger partial charge in [-0.25, -0.2) is 9.59 Å². The van der Waals surface area contributed by atoms with Gasteiger partial charge in [-0.05, 0) is 24.9 Å². The molecule has 0 aliphatic carbocycles. The lowest BCUT2D eigenvalue weighted by atomic mass is 10.2. The highest BCUT2D eigenvalue weighted by molar-refractivity contribution is 7.99. The van der Waals surface area contributed by atoms with Gasteiger partial charge in [-0.15, -0.1) is 0 Å². The van der Waals surface area contributed by atoms with Gasteiger partial charge in [0, 0.05) is 26.2 Å². The van der Waals surface area contributed by atoms with Crippen LogP contribution in [0.5, 0.6) is 0 Å². The number of rotatable bonds is 10. The number of carboxylic acid groups (broad SMARTS) is 1. The summed E-state index contributed by atoms with van der Waals surface area (Å²) < 4.78 is 4.81. The normalized spacial score (nSPS) is 13.6. The summed E-state index contributed by atoms with van der Waals surface area (Å²) >= 11 is 1.81. The molecule has 0 saturated heterocycles. The molecule has 0 spiro atoms. The van der Waals surface area contributed by atoms with E-state index >= 15 is 0 Å². The molecule has 112 valence electrons. The predicted octanol–water partition coefficient (Wildman–Crippen LogP) is 1.31. The summed E-state index contributed by atoms with van der Waals surface area (Å²) in [4.78, 5) is 22.6. The standard InChI is InChI=1S/C12H24N2O4S/c1-4-19-8-6-9(2)13-12(17)14-10(11(15)16)5-7-18-3/h9-10H,4-8H2,1-3H3,(H,15,16)(H2,13,14,17). The molecule has 0 bridgehead atoms. The molecule has 0 heterocycles. The molecule has 0 aromatic rings. The Morgan fingerprint density at radius 2 is 2.00 bits per heavy atom. The van der Waals surface area contributed by atoms with Gasteiger partial charge >= 0.3 is 12.0 Å². The number of carboxylic acids is 1. The van der Waals surface area contributed by atoms with E-state index in [1.54, 1.807) is 0 Å². The monoisotopic (exact) mass is 292 g/mol. The fraction of sp³-hybridized carbons (Fsp3) is 0.833. The van der Waals surface area contributed by atoms with Gasteiger partial charge in [-0.1, -0.05) is 6.92 Å². The van der Waals surface area contributed by atoms with Crippen molar-refractivity contribution in [3.8, 4) is 0 Å². The number of carbonyl (C=O) groups excluding carboxylic acids is 1. The van der Waals surface area contributed by atoms with E-state index < -0.39 is 18.0 Å². The summed E-state index contributed by atoms with van der Waals surface area (Å²) in [5.74, 6) is 0.975. The van der Waals surface area contributed by atoms with Crippen molar-refractivity contribution < 1.29 is 19.4 Å². The smallest absolute Gasteiger partial charge is 0.326 e. The van der Waals surface area contributed by atoms with Crippen molar-refractivity contribution in [1.82, 2.24) is 10.6 Å². The van der Waals surface area contributed by atoms with Gasteiger partial charge in [0.2, 0.25) is 0 Å². The molecule has 0 fully saturated rings. The lowest BCUT2D eigenvalue weighted by Crippen LogP contribution is -2.48. The number of ether oxygens (including phenoxy) is 1. The van der Waals surface area contributed by atoms with Crippen LogP contribution < -0.4 is 10.6 Å². The van der Waals surface area contributed by atoms with E-state index in [0.29, 0.717) is 6.61 Å². The van der Waals surface area contributed by atoms with Gasteiger partial charge in [0.1, 0.15) is 6.04 Å². The zero-order chi connectivity index (χ0) is 14.7. The number of amides is 2. The first-order valence-electron chi connectivity index (χ1n) is 6.37. The van der Waals surface area contributed by atoms with E-state index in [-0.39, 0.29) is 12.5 Å². The highest BCUT2D eigenvalue weighted by atomic mass is 32.2. The molecule has 6 nitrogen and oxygen atoms in total. The topological polar surface area (TPSA) is 87.7 Å². The molecule has 2 amide bonds. The molecule has 2 unspecified atom stereocenters. The third kappa shape index (κ3) is 9.61. The molecule has 7 heteroatoms. The zero-order valence-electron chi connectivity index (χ0n) is 11.8. The summed E-state index contributed by atoms with van der Waals surface area (Å²) in [6.07, 6.45) is 1.11. The van der Waals surface area contributed by atoms with E-state index in [1.165, 1.54) is 7.11 Å². The predicted molar refractivity (Wildman–Crippen MR) is 76.7 cm³/mol. The van der Waals surface area contributed by atoms with E-state index in [2.05, 4.69) is 17.6 Å². The van der Waals surface area contributed by atoms with Crippen LogP contribution in [0.1, 0.15) is 26.7 Å². The van der Waals surface area contributed by atoms with Crippen molar-refractivity contribution in [3.63, 3.8) is 0 Å². The Hall–Kier alpha value is -0.950. The number of thioether (sulfide) groups is 1. The summed E-state index contributed by atoms with van der Waals surface area (Å²) in [5.41, 5.74) is 0. The van der Waals surface area contributed by atoms with E-state index in [4.69, 9.17) is 9.84 Å². The van der Waals surface area contributed by atoms with Crippen LogP contribution >= 0.6 is 11.8 Å². The third-order valence-electron chi connectivity index (χ3n) is 2.49. The van der Waals surface area contributed by atoms with Gasteiger partial charge in [0.25, 0.3) is 0 Å². The highest BCUT2D eigenvalue weighted by Gasteiger charge is 2.20. The Morgan fingerprint density at radius 3 is 2.53 bits per heavy atom. The summed E-state index contributed by atoms with van der Waals surface area (Å²) in [7, 11) is 1.49. The van der Waals surface area contributed by atoms with Crippen LogP contribution in [0.15, 0.2) is 0 Å². The fourth-order valence-corrected chi connectivity index (χ4v) is 2.20. The molecule has 0 aliphatic heterocycles. The first-order valence-corrected chi connectivity index (χ1v) is 7.53. The molecule has 0 saturated carbocycles. The van der Waals surface area contributed by atoms with Gasteiger partial charge < -0.3 is 20.5 Å². The lowest BCUT2D eigenvalue weighted by Gasteiger charge is -2.18. The maximum Gasteiger partial charge on any atom is 0.326 e. The van der Waals surface area contributed by atoms with Crippen molar-refractivity contribution in [2.45, 2.75) is 38.8 Å². The fourth-order valence-electron chi connectivity index (χ4n) is 1.39. The first-order chi connectivity index (χ1) is 9.01. The van der Waals surface area contributed by atoms with Crippen LogP contribution in [0, 0.1) is 0 Å². The number of carbonyl (C=O) groups is 2. The number of aliphatic carboxylic acids is 1. The van der Waals surface area contributed by atoms with Crippen LogP contribution in [0.25, 0.3) is 0 Å². The molecular weight excluding hydrogens is 268 g/mol. The van der Waals surface area contributed by atoms with Gasteiger partial charge in [-0.3, -0.25) is 0 Å². The molecular formula is C12H24N2O4S. The Morgan fingerprint density at radius 1 is 1.32 bits per heavy atom. The van der Waals surface area contributed by atoms with Crippen molar-refractivity contribution in [1.29, 1.82) is 0 Å². The van der Waals surface area contributed by atoms with E-state index in [9.17, 15) is 9.59 Å². The number of urea groups is 1. The first kappa shape index (κ1) is 18.0. The molecule has 0 aromatic carbocycles. The maximum absolute atomic E-state index is 11.6. The molecule has 2 atom stereocenters. The second-order valence-corrected chi connectivity index (χ2v) is 5.57. The van der Waals surface area contributed by atoms with Crippen molar-refractivity contribution in [3.05, 3.63) is 0 Å². The van der Waals surface area contributed by atoms with E-state index in [1.807, 2.05) is 18.7 Å². The number of nitrogens with one attached hydrogen (secondary N) is 2. The quantitative estimate of drug-likeness (QED) is 0.528. The molecule has 0 aromatic heterocycles. The molecule has 3 N–H and O–H groups in total.